The molecule has 1 aromatic carbocycles. The fraction of sp³-hybridized carbons (Fsp3) is 0.308. The fourth-order valence-corrected chi connectivity index (χ4v) is 3.13. The third-order valence-corrected chi connectivity index (χ3v) is 4.11. The van der Waals surface area contributed by atoms with Crippen molar-refractivity contribution in [2.24, 2.45) is 0 Å². The van der Waals surface area contributed by atoms with Gasteiger partial charge in [0, 0.05) is 11.6 Å². The van der Waals surface area contributed by atoms with Crippen molar-refractivity contribution in [3.8, 4) is 11.4 Å². The topological polar surface area (TPSA) is 17.8 Å². The van der Waals surface area contributed by atoms with Crippen LogP contribution >= 0.6 is 27.5 Å². The number of rotatable bonds is 1. The molecule has 0 radical (unpaired) electrons. The van der Waals surface area contributed by atoms with Gasteiger partial charge in [0.1, 0.15) is 16.2 Å². The van der Waals surface area contributed by atoms with Crippen LogP contribution in [-0.4, -0.2) is 9.55 Å². The van der Waals surface area contributed by atoms with Crippen molar-refractivity contribution in [2.75, 3.05) is 0 Å². The Morgan fingerprint density at radius 2 is 2.17 bits per heavy atom. The number of hydrogen-bond acceptors (Lipinski definition) is 1. The molecule has 1 aromatic heterocycles. The summed E-state index contributed by atoms with van der Waals surface area (Å²) in [6.45, 7) is 0.884. The summed E-state index contributed by atoms with van der Waals surface area (Å²) in [5.41, 5.74) is 1.62. The summed E-state index contributed by atoms with van der Waals surface area (Å²) in [6, 6.07) is 4.57. The van der Waals surface area contributed by atoms with E-state index in [0.29, 0.717) is 16.4 Å². The lowest BCUT2D eigenvalue weighted by Crippen LogP contribution is -2.11. The molecule has 2 heterocycles. The van der Waals surface area contributed by atoms with Crippen LogP contribution in [-0.2, 0) is 13.0 Å². The summed E-state index contributed by atoms with van der Waals surface area (Å²) in [6.07, 6.45) is 3.24. The third kappa shape index (κ3) is 1.97. The van der Waals surface area contributed by atoms with E-state index in [4.69, 9.17) is 11.6 Å². The summed E-state index contributed by atoms with van der Waals surface area (Å²) >= 11 is 9.40. The normalized spacial score (nSPS) is 14.6. The van der Waals surface area contributed by atoms with Crippen molar-refractivity contribution in [1.29, 1.82) is 0 Å². The van der Waals surface area contributed by atoms with Gasteiger partial charge in [-0.1, -0.05) is 11.6 Å². The molecule has 3 rings (SSSR count). The minimum absolute atomic E-state index is 0.287. The Hall–Kier alpha value is -0.870. The second-order valence-corrected chi connectivity index (χ2v) is 5.59. The van der Waals surface area contributed by atoms with Crippen LogP contribution < -0.4 is 0 Å². The van der Waals surface area contributed by atoms with Gasteiger partial charge in [-0.25, -0.2) is 9.37 Å². The molecule has 2 aromatic rings. The number of hydrogen-bond donors (Lipinski definition) is 0. The molecule has 0 spiro atoms. The Balaban J connectivity index is 2.20. The van der Waals surface area contributed by atoms with Crippen molar-refractivity contribution in [3.05, 3.63) is 39.3 Å². The van der Waals surface area contributed by atoms with Crippen LogP contribution in [0.2, 0.25) is 5.02 Å². The molecule has 94 valence electrons. The van der Waals surface area contributed by atoms with Crippen molar-refractivity contribution in [3.63, 3.8) is 0 Å². The average Bonchev–Trinajstić information content (AvgIpc) is 2.71. The Bertz CT molecular complexity index is 609. The molecular weight excluding hydrogens is 319 g/mol. The first-order chi connectivity index (χ1) is 8.66. The summed E-state index contributed by atoms with van der Waals surface area (Å²) < 4.78 is 16.8. The van der Waals surface area contributed by atoms with Crippen molar-refractivity contribution >= 4 is 27.5 Å². The van der Waals surface area contributed by atoms with Crippen LogP contribution in [0.1, 0.15) is 18.5 Å². The van der Waals surface area contributed by atoms with Crippen molar-refractivity contribution < 1.29 is 4.39 Å². The summed E-state index contributed by atoms with van der Waals surface area (Å²) in [7, 11) is 0. The van der Waals surface area contributed by atoms with Crippen LogP contribution in [0.25, 0.3) is 11.4 Å². The average molecular weight is 330 g/mol. The highest BCUT2D eigenvalue weighted by molar-refractivity contribution is 9.10. The zero-order valence-corrected chi connectivity index (χ0v) is 11.9. The lowest BCUT2D eigenvalue weighted by molar-refractivity contribution is 0.533. The fourth-order valence-electron chi connectivity index (χ4n) is 2.37. The molecule has 0 aliphatic carbocycles. The van der Waals surface area contributed by atoms with Crippen LogP contribution in [0, 0.1) is 5.82 Å². The molecule has 0 saturated heterocycles. The first kappa shape index (κ1) is 12.2. The second kappa shape index (κ2) is 4.67. The van der Waals surface area contributed by atoms with Gasteiger partial charge in [0.05, 0.1) is 11.3 Å². The van der Waals surface area contributed by atoms with Crippen LogP contribution in [0.15, 0.2) is 22.8 Å². The van der Waals surface area contributed by atoms with Gasteiger partial charge in [0.15, 0.2) is 0 Å². The van der Waals surface area contributed by atoms with Gasteiger partial charge in [-0.05, 0) is 53.4 Å². The lowest BCUT2D eigenvalue weighted by Gasteiger charge is -2.17. The largest absolute Gasteiger partial charge is 0.327 e. The van der Waals surface area contributed by atoms with E-state index in [1.807, 2.05) is 0 Å². The van der Waals surface area contributed by atoms with Crippen LogP contribution in [0.5, 0.6) is 0 Å². The summed E-state index contributed by atoms with van der Waals surface area (Å²) in [5.74, 6) is 0.377. The predicted molar refractivity (Wildman–Crippen MR) is 73.3 cm³/mol. The molecule has 0 bridgehead atoms. The molecular formula is C13H11BrClFN2. The SMILES string of the molecule is Fc1ccc(Cl)cc1-c1nc(Br)c2n1CCCC2. The van der Waals surface area contributed by atoms with E-state index >= 15 is 0 Å². The minimum atomic E-state index is -0.287. The van der Waals surface area contributed by atoms with Gasteiger partial charge in [-0.3, -0.25) is 0 Å². The highest BCUT2D eigenvalue weighted by Crippen LogP contribution is 2.32. The summed E-state index contributed by atoms with van der Waals surface area (Å²) in [4.78, 5) is 4.45. The minimum Gasteiger partial charge on any atom is -0.327 e. The highest BCUT2D eigenvalue weighted by Gasteiger charge is 2.21. The van der Waals surface area contributed by atoms with Gasteiger partial charge in [0.2, 0.25) is 0 Å². The third-order valence-electron chi connectivity index (χ3n) is 3.24. The maximum Gasteiger partial charge on any atom is 0.144 e. The molecule has 2 nitrogen and oxygen atoms in total. The monoisotopic (exact) mass is 328 g/mol. The standard InChI is InChI=1S/C13H11BrClFN2/c14-12-11-3-1-2-6-18(11)13(17-12)9-7-8(15)4-5-10(9)16/h4-5,7H,1-3,6H2. The Morgan fingerprint density at radius 1 is 1.33 bits per heavy atom. The van der Waals surface area contributed by atoms with E-state index in [1.165, 1.54) is 6.07 Å². The quantitative estimate of drug-likeness (QED) is 0.756. The van der Waals surface area contributed by atoms with Gasteiger partial charge in [-0.15, -0.1) is 0 Å². The lowest BCUT2D eigenvalue weighted by atomic mass is 10.1. The molecule has 18 heavy (non-hydrogen) atoms. The van der Waals surface area contributed by atoms with Gasteiger partial charge in [0.25, 0.3) is 0 Å². The predicted octanol–water partition coefficient (Wildman–Crippen LogP) is 4.44. The Kier molecular flexibility index (Phi) is 3.16. The van der Waals surface area contributed by atoms with Crippen LogP contribution in [0.3, 0.4) is 0 Å². The zero-order valence-electron chi connectivity index (χ0n) is 9.59. The van der Waals surface area contributed by atoms with Gasteiger partial charge in [-0.2, -0.15) is 0 Å². The molecule has 0 unspecified atom stereocenters. The van der Waals surface area contributed by atoms with Crippen molar-refractivity contribution in [2.45, 2.75) is 25.8 Å². The van der Waals surface area contributed by atoms with Gasteiger partial charge < -0.3 is 4.57 Å². The van der Waals surface area contributed by atoms with E-state index < -0.39 is 0 Å². The molecule has 0 N–H and O–H groups in total. The molecule has 0 atom stereocenters. The molecule has 0 saturated carbocycles. The number of halogens is 3. The van der Waals surface area contributed by atoms with E-state index in [0.717, 1.165) is 36.1 Å². The highest BCUT2D eigenvalue weighted by atomic mass is 79.9. The Morgan fingerprint density at radius 3 is 3.00 bits per heavy atom. The van der Waals surface area contributed by atoms with Crippen molar-refractivity contribution in [1.82, 2.24) is 9.55 Å². The summed E-state index contributed by atoms with van der Waals surface area (Å²) in [5, 5.41) is 0.524. The number of imidazole rings is 1. The van der Waals surface area contributed by atoms with E-state index in [2.05, 4.69) is 25.5 Å². The van der Waals surface area contributed by atoms with E-state index in [9.17, 15) is 4.39 Å². The second-order valence-electron chi connectivity index (χ2n) is 4.41. The molecule has 0 fully saturated rings. The van der Waals surface area contributed by atoms with Gasteiger partial charge >= 0.3 is 0 Å². The van der Waals surface area contributed by atoms with Crippen LogP contribution in [0.4, 0.5) is 4.39 Å². The number of fused-ring (bicyclic) bond motifs is 1. The molecule has 0 amide bonds. The molecule has 1 aliphatic rings. The number of aromatic nitrogens is 2. The number of benzene rings is 1. The van der Waals surface area contributed by atoms with E-state index in [-0.39, 0.29) is 5.82 Å². The maximum absolute atomic E-state index is 13.9. The van der Waals surface area contributed by atoms with E-state index in [1.54, 1.807) is 12.1 Å². The first-order valence-electron chi connectivity index (χ1n) is 5.87. The zero-order chi connectivity index (χ0) is 12.7. The smallest absolute Gasteiger partial charge is 0.144 e. The molecule has 5 heteroatoms. The Labute approximate surface area is 118 Å². The first-order valence-corrected chi connectivity index (χ1v) is 7.04. The maximum atomic E-state index is 13.9. The molecule has 1 aliphatic heterocycles. The number of nitrogens with zero attached hydrogens (tertiary/aromatic N) is 2.